The first kappa shape index (κ1) is 31.9. The zero-order valence-corrected chi connectivity index (χ0v) is 30.1. The summed E-state index contributed by atoms with van der Waals surface area (Å²) in [6, 6.07) is 65.5. The zero-order chi connectivity index (χ0) is 37.2. The first-order chi connectivity index (χ1) is 27.7. The van der Waals surface area contributed by atoms with Gasteiger partial charge in [-0.25, -0.2) is 9.98 Å². The number of amidine groups is 2. The van der Waals surface area contributed by atoms with E-state index in [9.17, 15) is 5.26 Å². The molecular formula is C51H32N4O. The largest absolute Gasteiger partial charge is 0.456 e. The van der Waals surface area contributed by atoms with Crippen molar-refractivity contribution in [1.29, 1.82) is 5.26 Å². The Balaban J connectivity index is 1.20. The summed E-state index contributed by atoms with van der Waals surface area (Å²) in [6.07, 6.45) is -0.447. The smallest absolute Gasteiger partial charge is 0.169 e. The highest BCUT2D eigenvalue weighted by Gasteiger charge is 2.52. The molecule has 0 radical (unpaired) electrons. The van der Waals surface area contributed by atoms with Crippen molar-refractivity contribution in [1.82, 2.24) is 5.32 Å². The number of nitrogens with zero attached hydrogens (tertiary/aromatic N) is 3. The predicted octanol–water partition coefficient (Wildman–Crippen LogP) is 11.3. The number of ether oxygens (including phenoxy) is 1. The maximum absolute atomic E-state index is 9.63. The van der Waals surface area contributed by atoms with Crippen LogP contribution in [0.15, 0.2) is 192 Å². The average Bonchev–Trinajstić information content (AvgIpc) is 3.57. The molecule has 56 heavy (non-hydrogen) atoms. The topological polar surface area (TPSA) is 69.8 Å². The molecule has 0 fully saturated rings. The molecule has 2 aliphatic heterocycles. The summed E-state index contributed by atoms with van der Waals surface area (Å²) in [6.45, 7) is 0. The molecule has 0 saturated heterocycles. The number of rotatable bonds is 4. The lowest BCUT2D eigenvalue weighted by Gasteiger charge is -2.40. The second-order valence-corrected chi connectivity index (χ2v) is 14.4. The van der Waals surface area contributed by atoms with Crippen molar-refractivity contribution in [2.75, 3.05) is 0 Å². The van der Waals surface area contributed by atoms with Crippen LogP contribution in [-0.4, -0.2) is 11.7 Å². The summed E-state index contributed by atoms with van der Waals surface area (Å²) >= 11 is 0. The molecule has 2 heterocycles. The fourth-order valence-electron chi connectivity index (χ4n) is 9.03. The summed E-state index contributed by atoms with van der Waals surface area (Å²) < 4.78 is 7.10. The van der Waals surface area contributed by atoms with Gasteiger partial charge in [0, 0.05) is 16.7 Å². The van der Waals surface area contributed by atoms with Gasteiger partial charge in [0.2, 0.25) is 0 Å². The highest BCUT2D eigenvalue weighted by Crippen LogP contribution is 2.64. The molecule has 1 N–H and O–H groups in total. The highest BCUT2D eigenvalue weighted by atomic mass is 16.5. The van der Waals surface area contributed by atoms with Gasteiger partial charge in [0.05, 0.1) is 22.6 Å². The summed E-state index contributed by atoms with van der Waals surface area (Å²) in [7, 11) is 0. The first-order valence-electron chi connectivity index (χ1n) is 18.8. The molecule has 0 saturated carbocycles. The maximum Gasteiger partial charge on any atom is 0.169 e. The predicted molar refractivity (Wildman–Crippen MR) is 223 cm³/mol. The van der Waals surface area contributed by atoms with Crippen LogP contribution in [0.3, 0.4) is 0 Å². The third-order valence-electron chi connectivity index (χ3n) is 11.4. The number of benzene rings is 8. The first-order valence-corrected chi connectivity index (χ1v) is 18.8. The van der Waals surface area contributed by atoms with E-state index >= 15 is 0 Å². The molecule has 262 valence electrons. The lowest BCUT2D eigenvalue weighted by atomic mass is 9.65. The Hall–Kier alpha value is -7.55. The van der Waals surface area contributed by atoms with Crippen molar-refractivity contribution in [2.24, 2.45) is 9.98 Å². The van der Waals surface area contributed by atoms with E-state index in [1.807, 2.05) is 54.6 Å². The Labute approximate surface area is 324 Å². The SMILES string of the molecule is N#Cc1ccc(-c2cc3c(c4ccccc24)-c2ccccc2C32c3ccccc3Oc3c(C4=NC(c5ccccc5)N=C(c5ccccc5)N4)cccc32)cc1. The van der Waals surface area contributed by atoms with E-state index in [1.54, 1.807) is 0 Å². The number of nitriles is 1. The summed E-state index contributed by atoms with van der Waals surface area (Å²) in [5, 5.41) is 15.6. The second-order valence-electron chi connectivity index (χ2n) is 14.4. The highest BCUT2D eigenvalue weighted by molar-refractivity contribution is 6.17. The lowest BCUT2D eigenvalue weighted by Crippen LogP contribution is -2.37. The Bertz CT molecular complexity index is 2980. The standard InChI is InChI=1S/C51H32N4O/c52-31-32-26-28-33(29-27-32)40-30-44-46(37-19-8-7-18-36(37)40)38-20-9-10-22-41(38)51(44)42-23-11-12-25-45(42)56-47-39(21-13-24-43(47)51)50-54-48(34-14-3-1-4-15-34)53-49(55-50)35-16-5-2-6-17-35/h1-30,48H,(H,53,54,55). The molecular weight excluding hydrogens is 685 g/mol. The number of para-hydroxylation sites is 2. The van der Waals surface area contributed by atoms with E-state index in [2.05, 4.69) is 139 Å². The van der Waals surface area contributed by atoms with E-state index < -0.39 is 11.6 Å². The van der Waals surface area contributed by atoms with Crippen molar-refractivity contribution < 1.29 is 4.74 Å². The van der Waals surface area contributed by atoms with E-state index in [1.165, 1.54) is 27.6 Å². The third-order valence-corrected chi connectivity index (χ3v) is 11.4. The monoisotopic (exact) mass is 716 g/mol. The van der Waals surface area contributed by atoms with Gasteiger partial charge in [-0.05, 0) is 80.0 Å². The van der Waals surface area contributed by atoms with Crippen molar-refractivity contribution in [2.45, 2.75) is 11.6 Å². The van der Waals surface area contributed by atoms with Crippen molar-refractivity contribution in [3.63, 3.8) is 0 Å². The molecule has 0 bridgehead atoms. The molecule has 1 spiro atoms. The Morgan fingerprint density at radius 2 is 1.16 bits per heavy atom. The van der Waals surface area contributed by atoms with Crippen molar-refractivity contribution in [3.05, 3.63) is 226 Å². The van der Waals surface area contributed by atoms with Crippen molar-refractivity contribution in [3.8, 4) is 39.8 Å². The summed E-state index contributed by atoms with van der Waals surface area (Å²) in [5.41, 5.74) is 11.9. The average molecular weight is 717 g/mol. The van der Waals surface area contributed by atoms with Crippen LogP contribution in [0.5, 0.6) is 11.5 Å². The molecule has 3 aliphatic rings. The molecule has 8 aromatic rings. The normalized spacial score (nSPS) is 17.3. The minimum absolute atomic E-state index is 0.447. The molecule has 0 aromatic heterocycles. The van der Waals surface area contributed by atoms with Gasteiger partial charge in [0.15, 0.2) is 6.17 Å². The molecule has 2 atom stereocenters. The number of aliphatic imine (C=N–C) groups is 2. The fraction of sp³-hybridized carbons (Fsp3) is 0.0392. The minimum atomic E-state index is -0.720. The van der Waals surface area contributed by atoms with E-state index in [-0.39, 0.29) is 0 Å². The maximum atomic E-state index is 9.63. The number of hydrogen-bond donors (Lipinski definition) is 1. The van der Waals surface area contributed by atoms with Gasteiger partial charge < -0.3 is 10.1 Å². The molecule has 2 unspecified atom stereocenters. The van der Waals surface area contributed by atoms with E-state index in [4.69, 9.17) is 14.7 Å². The zero-order valence-electron chi connectivity index (χ0n) is 30.1. The van der Waals surface area contributed by atoms with Crippen LogP contribution >= 0.6 is 0 Å². The Kier molecular flexibility index (Phi) is 7.14. The van der Waals surface area contributed by atoms with Gasteiger partial charge in [-0.2, -0.15) is 5.26 Å². The van der Waals surface area contributed by atoms with Crippen LogP contribution in [0.1, 0.15) is 50.7 Å². The van der Waals surface area contributed by atoms with Gasteiger partial charge in [-0.15, -0.1) is 0 Å². The fourth-order valence-corrected chi connectivity index (χ4v) is 9.03. The van der Waals surface area contributed by atoms with Gasteiger partial charge in [0.1, 0.15) is 23.2 Å². The molecule has 11 rings (SSSR count). The van der Waals surface area contributed by atoms with Crippen LogP contribution in [0.2, 0.25) is 0 Å². The molecule has 1 aliphatic carbocycles. The molecule has 0 amide bonds. The number of nitrogens with one attached hydrogen (secondary N) is 1. The van der Waals surface area contributed by atoms with E-state index in [0.717, 1.165) is 61.7 Å². The second kappa shape index (κ2) is 12.5. The van der Waals surface area contributed by atoms with Gasteiger partial charge in [-0.1, -0.05) is 152 Å². The molecule has 8 aromatic carbocycles. The molecule has 5 heteroatoms. The van der Waals surface area contributed by atoms with Crippen LogP contribution in [0.4, 0.5) is 0 Å². The third kappa shape index (κ3) is 4.66. The number of fused-ring (bicyclic) bond motifs is 11. The quantitative estimate of drug-likeness (QED) is 0.197. The van der Waals surface area contributed by atoms with Crippen molar-refractivity contribution >= 4 is 22.4 Å². The van der Waals surface area contributed by atoms with Gasteiger partial charge in [-0.3, -0.25) is 0 Å². The Morgan fingerprint density at radius 1 is 0.518 bits per heavy atom. The van der Waals surface area contributed by atoms with Gasteiger partial charge in [0.25, 0.3) is 0 Å². The summed E-state index contributed by atoms with van der Waals surface area (Å²) in [4.78, 5) is 10.4. The van der Waals surface area contributed by atoms with Crippen LogP contribution in [0, 0.1) is 11.3 Å². The van der Waals surface area contributed by atoms with E-state index in [0.29, 0.717) is 11.4 Å². The van der Waals surface area contributed by atoms with Crippen LogP contribution in [-0.2, 0) is 5.41 Å². The minimum Gasteiger partial charge on any atom is -0.456 e. The molecule has 5 nitrogen and oxygen atoms in total. The van der Waals surface area contributed by atoms with Crippen LogP contribution < -0.4 is 10.1 Å². The van der Waals surface area contributed by atoms with Crippen LogP contribution in [0.25, 0.3) is 33.0 Å². The van der Waals surface area contributed by atoms with Gasteiger partial charge >= 0.3 is 0 Å². The Morgan fingerprint density at radius 3 is 1.96 bits per heavy atom. The lowest BCUT2D eigenvalue weighted by molar-refractivity contribution is 0.435. The number of hydrogen-bond acceptors (Lipinski definition) is 5. The summed E-state index contributed by atoms with van der Waals surface area (Å²) in [5.74, 6) is 3.01.